The molecule has 2 aromatic rings. The number of hydrogen-bond acceptors (Lipinski definition) is 2. The Labute approximate surface area is 140 Å². The van der Waals surface area contributed by atoms with Gasteiger partial charge in [0.05, 0.1) is 6.54 Å². The van der Waals surface area contributed by atoms with E-state index in [9.17, 15) is 0 Å². The van der Waals surface area contributed by atoms with E-state index in [2.05, 4.69) is 89.3 Å². The molecule has 2 aromatic carbocycles. The second-order valence-electron chi connectivity index (χ2n) is 7.40. The van der Waals surface area contributed by atoms with Crippen LogP contribution in [0.3, 0.4) is 0 Å². The molecule has 2 rings (SSSR count). The molecule has 2 heteroatoms. The van der Waals surface area contributed by atoms with Crippen molar-refractivity contribution in [1.82, 2.24) is 0 Å². The molecule has 0 heterocycles. The van der Waals surface area contributed by atoms with E-state index >= 15 is 0 Å². The molecule has 1 unspecified atom stereocenters. The second kappa shape index (κ2) is 7.08. The van der Waals surface area contributed by atoms with Gasteiger partial charge in [0.2, 0.25) is 0 Å². The van der Waals surface area contributed by atoms with E-state index in [0.717, 1.165) is 12.3 Å². The summed E-state index contributed by atoms with van der Waals surface area (Å²) in [5.41, 5.74) is 5.21. The molecule has 23 heavy (non-hydrogen) atoms. The van der Waals surface area contributed by atoms with Crippen molar-refractivity contribution in [1.29, 1.82) is 0 Å². The minimum Gasteiger partial charge on any atom is -0.489 e. The molecule has 0 saturated carbocycles. The summed E-state index contributed by atoms with van der Waals surface area (Å²) in [6, 6.07) is 14.9. The Kier molecular flexibility index (Phi) is 5.35. The Morgan fingerprint density at radius 2 is 1.65 bits per heavy atom. The summed E-state index contributed by atoms with van der Waals surface area (Å²) < 4.78 is 6.01. The molecule has 124 valence electrons. The van der Waals surface area contributed by atoms with Gasteiger partial charge in [-0.2, -0.15) is 0 Å². The number of hydrogen-bond donors (Lipinski definition) is 1. The largest absolute Gasteiger partial charge is 0.489 e. The lowest BCUT2D eigenvalue weighted by Crippen LogP contribution is -2.23. The molecule has 1 atom stereocenters. The lowest BCUT2D eigenvalue weighted by atomic mass is 9.87. The van der Waals surface area contributed by atoms with Crippen LogP contribution >= 0.6 is 0 Å². The third-order valence-corrected chi connectivity index (χ3v) is 4.03. The molecule has 0 spiro atoms. The monoisotopic (exact) mass is 311 g/mol. The van der Waals surface area contributed by atoms with Crippen LogP contribution < -0.4 is 10.1 Å². The maximum atomic E-state index is 6.01. The molecule has 0 fully saturated rings. The van der Waals surface area contributed by atoms with E-state index in [1.807, 2.05) is 0 Å². The molecule has 0 aromatic heterocycles. The molecule has 1 N–H and O–H groups in total. The molecular weight excluding hydrogens is 282 g/mol. The smallest absolute Gasteiger partial charge is 0.119 e. The summed E-state index contributed by atoms with van der Waals surface area (Å²) in [5.74, 6) is 0.924. The van der Waals surface area contributed by atoms with Crippen LogP contribution in [0.15, 0.2) is 42.5 Å². The summed E-state index contributed by atoms with van der Waals surface area (Å²) in [5, 5.41) is 3.48. The Bertz CT molecular complexity index is 638. The van der Waals surface area contributed by atoms with Crippen LogP contribution in [0.4, 0.5) is 5.69 Å². The van der Waals surface area contributed by atoms with Crippen LogP contribution in [0, 0.1) is 13.8 Å². The zero-order valence-electron chi connectivity index (χ0n) is 15.2. The Balaban J connectivity index is 1.92. The van der Waals surface area contributed by atoms with Gasteiger partial charge in [-0.1, -0.05) is 45.0 Å². The Morgan fingerprint density at radius 3 is 2.26 bits per heavy atom. The zero-order chi connectivity index (χ0) is 17.0. The first-order valence-corrected chi connectivity index (χ1v) is 8.34. The lowest BCUT2D eigenvalue weighted by molar-refractivity contribution is 0.234. The van der Waals surface area contributed by atoms with Gasteiger partial charge in [0.15, 0.2) is 0 Å². The number of nitrogens with one attached hydrogen (secondary N) is 1. The van der Waals surface area contributed by atoms with Crippen LogP contribution in [0.5, 0.6) is 5.75 Å². The van der Waals surface area contributed by atoms with Crippen molar-refractivity contribution in [3.8, 4) is 5.75 Å². The van der Waals surface area contributed by atoms with Crippen molar-refractivity contribution in [2.75, 3.05) is 11.9 Å². The van der Waals surface area contributed by atoms with Gasteiger partial charge in [-0.15, -0.1) is 0 Å². The molecular formula is C21H29NO. The van der Waals surface area contributed by atoms with E-state index in [1.54, 1.807) is 0 Å². The third kappa shape index (κ3) is 5.02. The van der Waals surface area contributed by atoms with Gasteiger partial charge in [-0.05, 0) is 61.1 Å². The highest BCUT2D eigenvalue weighted by Gasteiger charge is 2.13. The molecule has 0 aliphatic heterocycles. The van der Waals surface area contributed by atoms with Crippen LogP contribution in [0.1, 0.15) is 44.4 Å². The van der Waals surface area contributed by atoms with Crippen LogP contribution in [-0.2, 0) is 5.41 Å². The van der Waals surface area contributed by atoms with E-state index in [0.29, 0.717) is 0 Å². The first-order chi connectivity index (χ1) is 10.8. The number of benzene rings is 2. The summed E-state index contributed by atoms with van der Waals surface area (Å²) in [7, 11) is 0. The molecule has 0 radical (unpaired) electrons. The highest BCUT2D eigenvalue weighted by atomic mass is 16.5. The van der Waals surface area contributed by atoms with Crippen LogP contribution in [0.2, 0.25) is 0 Å². The number of rotatable bonds is 5. The SMILES string of the molecule is Cc1ccc(C)c(NCC(C)Oc2ccc(C(C)(C)C)cc2)c1. The topological polar surface area (TPSA) is 21.3 Å². The molecule has 0 aliphatic carbocycles. The third-order valence-electron chi connectivity index (χ3n) is 4.03. The molecule has 0 bridgehead atoms. The zero-order valence-corrected chi connectivity index (χ0v) is 15.2. The lowest BCUT2D eigenvalue weighted by Gasteiger charge is -2.21. The average molecular weight is 311 g/mol. The maximum Gasteiger partial charge on any atom is 0.119 e. The predicted molar refractivity (Wildman–Crippen MR) is 99.6 cm³/mol. The first kappa shape index (κ1) is 17.4. The quantitative estimate of drug-likeness (QED) is 0.789. The number of aryl methyl sites for hydroxylation is 2. The molecule has 0 aliphatic rings. The van der Waals surface area contributed by atoms with Crippen molar-refractivity contribution < 1.29 is 4.74 Å². The van der Waals surface area contributed by atoms with Gasteiger partial charge < -0.3 is 10.1 Å². The van der Waals surface area contributed by atoms with E-state index in [1.165, 1.54) is 22.4 Å². The molecule has 2 nitrogen and oxygen atoms in total. The fraction of sp³-hybridized carbons (Fsp3) is 0.429. The van der Waals surface area contributed by atoms with Gasteiger partial charge in [-0.3, -0.25) is 0 Å². The average Bonchev–Trinajstić information content (AvgIpc) is 2.48. The summed E-state index contributed by atoms with van der Waals surface area (Å²) in [6.45, 7) is 13.8. The molecule has 0 amide bonds. The van der Waals surface area contributed by atoms with E-state index in [4.69, 9.17) is 4.74 Å². The summed E-state index contributed by atoms with van der Waals surface area (Å²) in [4.78, 5) is 0. The molecule has 0 saturated heterocycles. The summed E-state index contributed by atoms with van der Waals surface area (Å²) in [6.07, 6.45) is 0.107. The Hall–Kier alpha value is -1.96. The van der Waals surface area contributed by atoms with Crippen molar-refractivity contribution in [2.45, 2.75) is 53.1 Å². The van der Waals surface area contributed by atoms with E-state index in [-0.39, 0.29) is 11.5 Å². The normalized spacial score (nSPS) is 12.8. The van der Waals surface area contributed by atoms with Gasteiger partial charge in [0.1, 0.15) is 11.9 Å². The highest BCUT2D eigenvalue weighted by Crippen LogP contribution is 2.24. The van der Waals surface area contributed by atoms with Crippen LogP contribution in [-0.4, -0.2) is 12.6 Å². The highest BCUT2D eigenvalue weighted by molar-refractivity contribution is 5.52. The maximum absolute atomic E-state index is 6.01. The fourth-order valence-corrected chi connectivity index (χ4v) is 2.49. The Morgan fingerprint density at radius 1 is 1.00 bits per heavy atom. The summed E-state index contributed by atoms with van der Waals surface area (Å²) >= 11 is 0. The minimum atomic E-state index is 0.107. The van der Waals surface area contributed by atoms with Gasteiger partial charge in [0.25, 0.3) is 0 Å². The fourth-order valence-electron chi connectivity index (χ4n) is 2.49. The minimum absolute atomic E-state index is 0.107. The van der Waals surface area contributed by atoms with Gasteiger partial charge >= 0.3 is 0 Å². The van der Waals surface area contributed by atoms with Crippen molar-refractivity contribution in [3.63, 3.8) is 0 Å². The number of anilines is 1. The van der Waals surface area contributed by atoms with E-state index < -0.39 is 0 Å². The van der Waals surface area contributed by atoms with Crippen molar-refractivity contribution in [3.05, 3.63) is 59.2 Å². The standard InChI is InChI=1S/C21H29NO/c1-15-7-8-16(2)20(13-15)22-14-17(3)23-19-11-9-18(10-12-19)21(4,5)6/h7-13,17,22H,14H2,1-6H3. The predicted octanol–water partition coefficient (Wildman–Crippen LogP) is 5.48. The van der Waals surface area contributed by atoms with Crippen LogP contribution in [0.25, 0.3) is 0 Å². The second-order valence-corrected chi connectivity index (χ2v) is 7.40. The van der Waals surface area contributed by atoms with Gasteiger partial charge in [-0.25, -0.2) is 0 Å². The van der Waals surface area contributed by atoms with Crippen molar-refractivity contribution >= 4 is 5.69 Å². The van der Waals surface area contributed by atoms with Crippen molar-refractivity contribution in [2.24, 2.45) is 0 Å². The van der Waals surface area contributed by atoms with Gasteiger partial charge in [0, 0.05) is 5.69 Å². The number of ether oxygens (including phenoxy) is 1. The first-order valence-electron chi connectivity index (χ1n) is 8.34.